The number of hydrogen-bond acceptors (Lipinski definition) is 5. The van der Waals surface area contributed by atoms with Crippen molar-refractivity contribution in [1.29, 1.82) is 0 Å². The molecule has 1 heterocycles. The monoisotopic (exact) mass is 290 g/mol. The van der Waals surface area contributed by atoms with Gasteiger partial charge in [-0.3, -0.25) is 0 Å². The maximum atomic E-state index is 11.7. The lowest BCUT2D eigenvalue weighted by molar-refractivity contribution is 0.568. The lowest BCUT2D eigenvalue weighted by atomic mass is 10.2. The minimum atomic E-state index is -2.96. The molecule has 0 aliphatic carbocycles. The quantitative estimate of drug-likeness (QED) is 0.873. The number of nitrogens with zero attached hydrogens (tertiary/aromatic N) is 1. The van der Waals surface area contributed by atoms with E-state index in [4.69, 9.17) is 0 Å². The Morgan fingerprint density at radius 3 is 2.33 bits per heavy atom. The van der Waals surface area contributed by atoms with Gasteiger partial charge in [0.2, 0.25) is 0 Å². The molecule has 0 fully saturated rings. The van der Waals surface area contributed by atoms with Crippen molar-refractivity contribution in [2.75, 3.05) is 12.3 Å². The summed E-state index contributed by atoms with van der Waals surface area (Å²) in [7, 11) is -2.96. The van der Waals surface area contributed by atoms with Crippen molar-refractivity contribution in [3.05, 3.63) is 15.6 Å². The molecule has 0 spiro atoms. The van der Waals surface area contributed by atoms with Gasteiger partial charge in [-0.05, 0) is 34.6 Å². The van der Waals surface area contributed by atoms with Crippen LogP contribution in [0.5, 0.6) is 0 Å². The van der Waals surface area contributed by atoms with E-state index in [1.165, 1.54) is 4.88 Å². The first-order valence-electron chi connectivity index (χ1n) is 6.13. The maximum absolute atomic E-state index is 11.7. The zero-order valence-corrected chi connectivity index (χ0v) is 13.3. The van der Waals surface area contributed by atoms with Gasteiger partial charge in [0.1, 0.15) is 0 Å². The molecule has 1 unspecified atom stereocenters. The van der Waals surface area contributed by atoms with Crippen LogP contribution in [-0.4, -0.2) is 30.9 Å². The fraction of sp³-hybridized carbons (Fsp3) is 0.750. The van der Waals surface area contributed by atoms with E-state index in [9.17, 15) is 8.42 Å². The fourth-order valence-corrected chi connectivity index (χ4v) is 3.52. The summed E-state index contributed by atoms with van der Waals surface area (Å²) in [5.41, 5.74) is 1.03. The predicted molar refractivity (Wildman–Crippen MR) is 76.9 cm³/mol. The average Bonchev–Trinajstić information content (AvgIpc) is 2.57. The molecule has 0 aliphatic rings. The SMILES string of the molecule is Cc1nc(C)c(C(C)NCCS(=O)(=O)C(C)C)s1. The van der Waals surface area contributed by atoms with Gasteiger partial charge in [-0.25, -0.2) is 13.4 Å². The molecule has 0 radical (unpaired) electrons. The summed E-state index contributed by atoms with van der Waals surface area (Å²) in [6.45, 7) is 9.93. The summed E-state index contributed by atoms with van der Waals surface area (Å²) < 4.78 is 23.3. The minimum Gasteiger partial charge on any atom is -0.308 e. The van der Waals surface area contributed by atoms with E-state index in [1.807, 2.05) is 20.8 Å². The third-order valence-corrected chi connectivity index (χ3v) is 6.35. The van der Waals surface area contributed by atoms with Gasteiger partial charge in [-0.15, -0.1) is 11.3 Å². The predicted octanol–water partition coefficient (Wildman–Crippen LogP) is 2.23. The second-order valence-corrected chi connectivity index (χ2v) is 8.69. The van der Waals surface area contributed by atoms with Crippen LogP contribution in [-0.2, 0) is 9.84 Å². The highest BCUT2D eigenvalue weighted by molar-refractivity contribution is 7.92. The first-order valence-corrected chi connectivity index (χ1v) is 8.66. The highest BCUT2D eigenvalue weighted by Crippen LogP contribution is 2.24. The molecule has 6 heteroatoms. The zero-order valence-electron chi connectivity index (χ0n) is 11.6. The van der Waals surface area contributed by atoms with E-state index >= 15 is 0 Å². The normalized spacial score (nSPS) is 14.1. The highest BCUT2D eigenvalue weighted by Gasteiger charge is 2.17. The number of rotatable bonds is 6. The first kappa shape index (κ1) is 15.6. The second kappa shape index (κ2) is 6.12. The van der Waals surface area contributed by atoms with Gasteiger partial charge >= 0.3 is 0 Å². The lowest BCUT2D eigenvalue weighted by Gasteiger charge is -2.14. The molecule has 1 aromatic heterocycles. The van der Waals surface area contributed by atoms with Crippen molar-refractivity contribution >= 4 is 21.2 Å². The molecule has 104 valence electrons. The zero-order chi connectivity index (χ0) is 13.9. The Bertz CT molecular complexity index is 492. The third-order valence-electron chi connectivity index (χ3n) is 2.89. The second-order valence-electron chi connectivity index (χ2n) is 4.77. The Balaban J connectivity index is 2.53. The van der Waals surface area contributed by atoms with E-state index < -0.39 is 9.84 Å². The molecule has 0 bridgehead atoms. The van der Waals surface area contributed by atoms with Crippen LogP contribution in [0.15, 0.2) is 0 Å². The standard InChI is InChI=1S/C12H22N2O2S2/c1-8(2)18(15,16)7-6-13-9(3)12-10(4)14-11(5)17-12/h8-9,13H,6-7H2,1-5H3. The van der Waals surface area contributed by atoms with Gasteiger partial charge < -0.3 is 5.32 Å². The van der Waals surface area contributed by atoms with Gasteiger partial charge in [-0.2, -0.15) is 0 Å². The molecule has 1 N–H and O–H groups in total. The van der Waals surface area contributed by atoms with Crippen molar-refractivity contribution in [2.24, 2.45) is 0 Å². The van der Waals surface area contributed by atoms with E-state index in [1.54, 1.807) is 25.2 Å². The summed E-state index contributed by atoms with van der Waals surface area (Å²) in [5, 5.41) is 4.00. The van der Waals surface area contributed by atoms with Gasteiger partial charge in [-0.1, -0.05) is 0 Å². The van der Waals surface area contributed by atoms with Gasteiger partial charge in [0, 0.05) is 17.5 Å². The Morgan fingerprint density at radius 1 is 1.28 bits per heavy atom. The molecule has 4 nitrogen and oxygen atoms in total. The molecule has 0 amide bonds. The first-order chi connectivity index (χ1) is 8.24. The number of aromatic nitrogens is 1. The molecule has 1 rings (SSSR count). The number of thiazole rings is 1. The summed E-state index contributed by atoms with van der Waals surface area (Å²) in [4.78, 5) is 5.57. The molecular formula is C12H22N2O2S2. The minimum absolute atomic E-state index is 0.151. The fourth-order valence-electron chi connectivity index (χ4n) is 1.69. The van der Waals surface area contributed by atoms with Crippen LogP contribution in [0.3, 0.4) is 0 Å². The molecule has 1 atom stereocenters. The summed E-state index contributed by atoms with van der Waals surface area (Å²) in [6, 6.07) is 0.151. The van der Waals surface area contributed by atoms with E-state index in [-0.39, 0.29) is 17.0 Å². The molecular weight excluding hydrogens is 268 g/mol. The van der Waals surface area contributed by atoms with Crippen molar-refractivity contribution in [1.82, 2.24) is 10.3 Å². The number of hydrogen-bond donors (Lipinski definition) is 1. The molecule has 0 aromatic carbocycles. The van der Waals surface area contributed by atoms with Gasteiger partial charge in [0.05, 0.1) is 21.7 Å². The van der Waals surface area contributed by atoms with E-state index in [0.717, 1.165) is 10.7 Å². The Morgan fingerprint density at radius 2 is 1.89 bits per heavy atom. The van der Waals surface area contributed by atoms with Crippen LogP contribution in [0.4, 0.5) is 0 Å². The van der Waals surface area contributed by atoms with Crippen LogP contribution < -0.4 is 5.32 Å². The molecule has 0 saturated carbocycles. The van der Waals surface area contributed by atoms with E-state index in [2.05, 4.69) is 10.3 Å². The van der Waals surface area contributed by atoms with Crippen LogP contribution in [0.25, 0.3) is 0 Å². The van der Waals surface area contributed by atoms with Crippen molar-refractivity contribution in [3.63, 3.8) is 0 Å². The summed E-state index contributed by atoms with van der Waals surface area (Å²) in [5.74, 6) is 0.186. The molecule has 1 aromatic rings. The van der Waals surface area contributed by atoms with Crippen molar-refractivity contribution in [2.45, 2.75) is 45.9 Å². The molecule has 0 aliphatic heterocycles. The maximum Gasteiger partial charge on any atom is 0.153 e. The summed E-state index contributed by atoms with van der Waals surface area (Å²) in [6.07, 6.45) is 0. The largest absolute Gasteiger partial charge is 0.308 e. The highest BCUT2D eigenvalue weighted by atomic mass is 32.2. The van der Waals surface area contributed by atoms with Crippen molar-refractivity contribution < 1.29 is 8.42 Å². The van der Waals surface area contributed by atoms with Crippen LogP contribution in [0.2, 0.25) is 0 Å². The molecule has 18 heavy (non-hydrogen) atoms. The topological polar surface area (TPSA) is 59.1 Å². The Labute approximate surface area is 114 Å². The number of nitrogens with one attached hydrogen (secondary N) is 1. The lowest BCUT2D eigenvalue weighted by Crippen LogP contribution is -2.28. The summed E-state index contributed by atoms with van der Waals surface area (Å²) >= 11 is 1.66. The van der Waals surface area contributed by atoms with Gasteiger partial charge in [0.25, 0.3) is 0 Å². The smallest absolute Gasteiger partial charge is 0.153 e. The van der Waals surface area contributed by atoms with Crippen molar-refractivity contribution in [3.8, 4) is 0 Å². The number of sulfone groups is 1. The van der Waals surface area contributed by atoms with Gasteiger partial charge in [0.15, 0.2) is 9.84 Å². The Hall–Kier alpha value is -0.460. The van der Waals surface area contributed by atoms with Crippen LogP contribution >= 0.6 is 11.3 Å². The average molecular weight is 290 g/mol. The van der Waals surface area contributed by atoms with Crippen LogP contribution in [0, 0.1) is 13.8 Å². The number of aryl methyl sites for hydroxylation is 2. The molecule has 0 saturated heterocycles. The van der Waals surface area contributed by atoms with Crippen LogP contribution in [0.1, 0.15) is 42.4 Å². The van der Waals surface area contributed by atoms with E-state index in [0.29, 0.717) is 6.54 Å². The third kappa shape index (κ3) is 4.03. The Kier molecular flexibility index (Phi) is 5.31.